The number of Topliss-reactive ketones (excluding diaryl/α,β-unsaturated/α-hetero) is 2. The fraction of sp³-hybridized carbons (Fsp3) is 0.409. The van der Waals surface area contributed by atoms with Gasteiger partial charge in [-0.1, -0.05) is 11.8 Å². The zero-order chi connectivity index (χ0) is 22.4. The quantitative estimate of drug-likeness (QED) is 0.273. The molecule has 0 aliphatic heterocycles. The van der Waals surface area contributed by atoms with Crippen molar-refractivity contribution >= 4 is 23.3 Å². The lowest BCUT2D eigenvalue weighted by Crippen LogP contribution is -2.09. The van der Waals surface area contributed by atoms with Crippen LogP contribution in [0.2, 0.25) is 0 Å². The Morgan fingerprint density at radius 1 is 1.19 bits per heavy atom. The number of nitrogens with one attached hydrogen (secondary N) is 1. The topological polar surface area (TPSA) is 103 Å². The van der Waals surface area contributed by atoms with Crippen molar-refractivity contribution in [2.75, 3.05) is 19.0 Å². The number of ether oxygens (including phenoxy) is 1. The fourth-order valence-electron chi connectivity index (χ4n) is 3.54. The Bertz CT molecular complexity index is 1060. The van der Waals surface area contributed by atoms with Gasteiger partial charge in [0.15, 0.2) is 22.5 Å². The van der Waals surface area contributed by atoms with Crippen LogP contribution in [0.4, 0.5) is 0 Å². The van der Waals surface area contributed by atoms with Crippen molar-refractivity contribution in [3.8, 4) is 11.4 Å². The van der Waals surface area contributed by atoms with Gasteiger partial charge in [0.05, 0.1) is 11.4 Å². The largest absolute Gasteiger partial charge is 0.382 e. The summed E-state index contributed by atoms with van der Waals surface area (Å²) in [5, 5.41) is 9.35. The molecule has 0 aromatic carbocycles. The highest BCUT2D eigenvalue weighted by atomic mass is 32.2. The summed E-state index contributed by atoms with van der Waals surface area (Å²) in [6.07, 6.45) is 4.24. The lowest BCUT2D eigenvalue weighted by atomic mass is 10.1. The molecule has 3 heterocycles. The minimum Gasteiger partial charge on any atom is -0.382 e. The number of carbonyl (C=O) groups excluding carboxylic acids is 2. The van der Waals surface area contributed by atoms with Crippen LogP contribution in [0.1, 0.15) is 52.4 Å². The minimum atomic E-state index is -0.0765. The first-order chi connectivity index (χ1) is 14.9. The summed E-state index contributed by atoms with van der Waals surface area (Å²) in [7, 11) is 0. The normalized spacial score (nSPS) is 11.1. The highest BCUT2D eigenvalue weighted by molar-refractivity contribution is 7.99. The third-order valence-corrected chi connectivity index (χ3v) is 5.90. The summed E-state index contributed by atoms with van der Waals surface area (Å²) in [5.41, 5.74) is 3.40. The summed E-state index contributed by atoms with van der Waals surface area (Å²) in [6.45, 7) is 9.08. The van der Waals surface area contributed by atoms with Gasteiger partial charge in [-0.05, 0) is 51.8 Å². The Balaban J connectivity index is 1.79. The Labute approximate surface area is 185 Å². The second-order valence-corrected chi connectivity index (χ2v) is 8.08. The first-order valence-electron chi connectivity index (χ1n) is 10.2. The number of H-pyrrole nitrogens is 1. The molecule has 0 amide bonds. The molecule has 9 heteroatoms. The molecule has 3 rings (SSSR count). The number of nitrogens with zero attached hydrogens (tertiary/aromatic N) is 4. The smallest absolute Gasteiger partial charge is 0.191 e. The summed E-state index contributed by atoms with van der Waals surface area (Å²) < 4.78 is 7.48. The molecule has 0 unspecified atom stereocenters. The lowest BCUT2D eigenvalue weighted by Gasteiger charge is -2.10. The third-order valence-electron chi connectivity index (χ3n) is 4.93. The maximum atomic E-state index is 12.9. The van der Waals surface area contributed by atoms with Gasteiger partial charge in [-0.15, -0.1) is 10.2 Å². The molecular formula is C22H27N5O3S. The van der Waals surface area contributed by atoms with E-state index in [1.165, 1.54) is 18.7 Å². The Kier molecular flexibility index (Phi) is 7.75. The number of hydrogen-bond acceptors (Lipinski definition) is 7. The molecule has 0 spiro atoms. The molecule has 0 bridgehead atoms. The molecular weight excluding hydrogens is 414 g/mol. The summed E-state index contributed by atoms with van der Waals surface area (Å²) >= 11 is 1.34. The molecule has 0 saturated carbocycles. The number of pyridine rings is 1. The van der Waals surface area contributed by atoms with E-state index in [-0.39, 0.29) is 17.3 Å². The summed E-state index contributed by atoms with van der Waals surface area (Å²) in [6, 6.07) is 3.77. The van der Waals surface area contributed by atoms with Gasteiger partial charge in [-0.2, -0.15) is 0 Å². The van der Waals surface area contributed by atoms with Gasteiger partial charge in [0.25, 0.3) is 0 Å². The van der Waals surface area contributed by atoms with Crippen molar-refractivity contribution in [3.05, 3.63) is 47.0 Å². The molecule has 0 radical (unpaired) electrons. The van der Waals surface area contributed by atoms with Gasteiger partial charge in [0, 0.05) is 49.0 Å². The van der Waals surface area contributed by atoms with Gasteiger partial charge >= 0.3 is 0 Å². The van der Waals surface area contributed by atoms with Crippen molar-refractivity contribution in [2.24, 2.45) is 0 Å². The highest BCUT2D eigenvalue weighted by Crippen LogP contribution is 2.26. The van der Waals surface area contributed by atoms with Crippen molar-refractivity contribution < 1.29 is 14.3 Å². The average Bonchev–Trinajstić information content (AvgIpc) is 3.30. The predicted octanol–water partition coefficient (Wildman–Crippen LogP) is 3.89. The molecule has 8 nitrogen and oxygen atoms in total. The Morgan fingerprint density at radius 3 is 2.58 bits per heavy atom. The standard InChI is InChI=1S/C22H27N5O3S/c1-5-30-12-6-11-27-21(17-7-9-23-10-8-17)25-26-22(27)31-13-18(29)20-14(2)19(16(4)28)15(3)24-20/h7-10,24H,5-6,11-13H2,1-4H3. The highest BCUT2D eigenvalue weighted by Gasteiger charge is 2.21. The first kappa shape index (κ1) is 22.9. The van der Waals surface area contributed by atoms with E-state index in [0.717, 1.165) is 23.5 Å². The SMILES string of the molecule is CCOCCCn1c(SCC(=O)c2[nH]c(C)c(C(C)=O)c2C)nnc1-c1ccncc1. The Morgan fingerprint density at radius 2 is 1.94 bits per heavy atom. The van der Waals surface area contributed by atoms with E-state index in [4.69, 9.17) is 4.74 Å². The zero-order valence-electron chi connectivity index (χ0n) is 18.3. The monoisotopic (exact) mass is 441 g/mol. The summed E-state index contributed by atoms with van der Waals surface area (Å²) in [5.74, 6) is 0.805. The van der Waals surface area contributed by atoms with Gasteiger partial charge in [-0.3, -0.25) is 14.6 Å². The van der Waals surface area contributed by atoms with Crippen LogP contribution < -0.4 is 0 Å². The number of aromatic nitrogens is 5. The number of thioether (sulfide) groups is 1. The molecule has 3 aromatic heterocycles. The van der Waals surface area contributed by atoms with Gasteiger partial charge in [0.1, 0.15) is 0 Å². The van der Waals surface area contributed by atoms with Crippen molar-refractivity contribution in [3.63, 3.8) is 0 Å². The van der Waals surface area contributed by atoms with Gasteiger partial charge < -0.3 is 14.3 Å². The number of rotatable bonds is 11. The number of carbonyl (C=O) groups is 2. The van der Waals surface area contributed by atoms with E-state index in [9.17, 15) is 9.59 Å². The van der Waals surface area contributed by atoms with Crippen molar-refractivity contribution in [2.45, 2.75) is 45.8 Å². The van der Waals surface area contributed by atoms with Crippen LogP contribution in [0.15, 0.2) is 29.7 Å². The molecule has 1 N–H and O–H groups in total. The molecule has 164 valence electrons. The average molecular weight is 442 g/mol. The zero-order valence-corrected chi connectivity index (χ0v) is 19.1. The Hall–Kier alpha value is -2.78. The van der Waals surface area contributed by atoms with Crippen molar-refractivity contribution in [1.29, 1.82) is 0 Å². The second kappa shape index (κ2) is 10.5. The van der Waals surface area contributed by atoms with E-state index in [2.05, 4.69) is 20.2 Å². The second-order valence-electron chi connectivity index (χ2n) is 7.14. The van der Waals surface area contributed by atoms with Crippen LogP contribution in [-0.2, 0) is 11.3 Å². The molecule has 0 aliphatic rings. The van der Waals surface area contributed by atoms with Crippen LogP contribution in [0.25, 0.3) is 11.4 Å². The van der Waals surface area contributed by atoms with E-state index in [1.807, 2.05) is 30.5 Å². The maximum absolute atomic E-state index is 12.9. The number of aryl methyl sites for hydroxylation is 1. The minimum absolute atomic E-state index is 0.0472. The number of hydrogen-bond donors (Lipinski definition) is 1. The van der Waals surface area contributed by atoms with Crippen LogP contribution in [0.5, 0.6) is 0 Å². The number of aromatic amines is 1. The molecule has 0 atom stereocenters. The molecule has 0 saturated heterocycles. The number of ketones is 2. The van der Waals surface area contributed by atoms with Crippen LogP contribution >= 0.6 is 11.8 Å². The van der Waals surface area contributed by atoms with Crippen LogP contribution in [-0.4, -0.2) is 55.3 Å². The third kappa shape index (κ3) is 5.29. The van der Waals surface area contributed by atoms with Gasteiger partial charge in [0.2, 0.25) is 0 Å². The van der Waals surface area contributed by atoms with E-state index in [0.29, 0.717) is 41.7 Å². The van der Waals surface area contributed by atoms with Gasteiger partial charge in [-0.25, -0.2) is 0 Å². The molecule has 0 aliphatic carbocycles. The first-order valence-corrected chi connectivity index (χ1v) is 11.2. The molecule has 31 heavy (non-hydrogen) atoms. The van der Waals surface area contributed by atoms with Crippen molar-refractivity contribution in [1.82, 2.24) is 24.7 Å². The maximum Gasteiger partial charge on any atom is 0.191 e. The van der Waals surface area contributed by atoms with E-state index in [1.54, 1.807) is 19.3 Å². The van der Waals surface area contributed by atoms with Crippen LogP contribution in [0, 0.1) is 13.8 Å². The predicted molar refractivity (Wildman–Crippen MR) is 120 cm³/mol. The molecule has 0 fully saturated rings. The lowest BCUT2D eigenvalue weighted by molar-refractivity contribution is 0.101. The molecule has 3 aromatic rings. The van der Waals surface area contributed by atoms with E-state index < -0.39 is 0 Å². The van der Waals surface area contributed by atoms with E-state index >= 15 is 0 Å². The fourth-order valence-corrected chi connectivity index (χ4v) is 4.38. The van der Waals surface area contributed by atoms with Crippen LogP contribution in [0.3, 0.4) is 0 Å². The summed E-state index contributed by atoms with van der Waals surface area (Å²) in [4.78, 5) is 31.9.